The first-order chi connectivity index (χ1) is 14.6. The van der Waals surface area contributed by atoms with Crippen LogP contribution < -0.4 is 4.74 Å². The van der Waals surface area contributed by atoms with Gasteiger partial charge in [-0.25, -0.2) is 8.78 Å². The van der Waals surface area contributed by atoms with E-state index >= 15 is 4.39 Å². The van der Waals surface area contributed by atoms with E-state index in [1.54, 1.807) is 18.2 Å². The molecule has 2 aromatic carbocycles. The van der Waals surface area contributed by atoms with Gasteiger partial charge in [0.2, 0.25) is 0 Å². The zero-order chi connectivity index (χ0) is 21.1. The maximum absolute atomic E-state index is 15.1. The van der Waals surface area contributed by atoms with Crippen LogP contribution in [-0.4, -0.2) is 7.11 Å². The fourth-order valence-electron chi connectivity index (χ4n) is 5.77. The average Bonchev–Trinajstić information content (AvgIpc) is 2.77. The lowest BCUT2D eigenvalue weighted by Gasteiger charge is -2.42. The van der Waals surface area contributed by atoms with E-state index in [1.807, 2.05) is 18.2 Å². The Balaban J connectivity index is 1.44. The molecule has 160 valence electrons. The minimum Gasteiger partial charge on any atom is -0.494 e. The zero-order valence-electron chi connectivity index (χ0n) is 17.9. The number of hydrogen-bond donors (Lipinski definition) is 0. The van der Waals surface area contributed by atoms with Gasteiger partial charge in [-0.2, -0.15) is 0 Å². The second kappa shape index (κ2) is 9.32. The Labute approximate surface area is 179 Å². The summed E-state index contributed by atoms with van der Waals surface area (Å²) in [4.78, 5) is 0. The molecule has 3 heteroatoms. The van der Waals surface area contributed by atoms with Crippen molar-refractivity contribution in [2.45, 2.75) is 57.3 Å². The van der Waals surface area contributed by atoms with E-state index in [-0.39, 0.29) is 11.6 Å². The van der Waals surface area contributed by atoms with Crippen LogP contribution in [0.2, 0.25) is 0 Å². The predicted molar refractivity (Wildman–Crippen MR) is 119 cm³/mol. The number of hydrogen-bond acceptors (Lipinski definition) is 1. The lowest BCUT2D eigenvalue weighted by molar-refractivity contribution is 0.114. The summed E-state index contributed by atoms with van der Waals surface area (Å²) in [6, 6.07) is 10.2. The number of ether oxygens (including phenoxy) is 1. The van der Waals surface area contributed by atoms with Crippen LogP contribution in [0.3, 0.4) is 0 Å². The van der Waals surface area contributed by atoms with Crippen LogP contribution in [0.25, 0.3) is 11.1 Å². The van der Waals surface area contributed by atoms with Crippen LogP contribution in [0, 0.1) is 29.4 Å². The molecule has 2 saturated carbocycles. The molecule has 4 rings (SSSR count). The molecule has 0 N–H and O–H groups in total. The minimum absolute atomic E-state index is 0.160. The standard InChI is InChI=1S/C27H32F2O/c1-3-4-5-18-6-7-20-15-23(9-8-19(20)14-18)24-12-10-21(16-25(24)28)22-11-13-27(30-2)26(29)17-22/h3,10-13,16-20,23H,1,4-9,14-15H2,2H3. The summed E-state index contributed by atoms with van der Waals surface area (Å²) in [7, 11) is 1.44. The molecule has 0 aliphatic heterocycles. The summed E-state index contributed by atoms with van der Waals surface area (Å²) >= 11 is 0. The van der Waals surface area contributed by atoms with Crippen molar-refractivity contribution in [2.75, 3.05) is 7.11 Å². The second-order valence-electron chi connectivity index (χ2n) is 9.16. The summed E-state index contributed by atoms with van der Waals surface area (Å²) in [5.74, 6) is 2.31. The van der Waals surface area contributed by atoms with Crippen molar-refractivity contribution in [1.82, 2.24) is 0 Å². The normalized spacial score (nSPS) is 26.1. The molecule has 2 fully saturated rings. The van der Waals surface area contributed by atoms with Gasteiger partial charge in [0.1, 0.15) is 5.82 Å². The smallest absolute Gasteiger partial charge is 0.165 e. The van der Waals surface area contributed by atoms with Crippen LogP contribution in [0.15, 0.2) is 49.1 Å². The summed E-state index contributed by atoms with van der Waals surface area (Å²) in [5, 5.41) is 0. The number of allylic oxidation sites excluding steroid dienone is 1. The van der Waals surface area contributed by atoms with Crippen LogP contribution in [0.1, 0.15) is 62.8 Å². The molecule has 0 heterocycles. The molecular formula is C27H32F2O. The quantitative estimate of drug-likeness (QED) is 0.440. The summed E-state index contributed by atoms with van der Waals surface area (Å²) in [6.07, 6.45) is 11.8. The number of fused-ring (bicyclic) bond motifs is 1. The van der Waals surface area contributed by atoms with Gasteiger partial charge in [0, 0.05) is 0 Å². The fraction of sp³-hybridized carbons (Fsp3) is 0.481. The largest absolute Gasteiger partial charge is 0.494 e. The highest BCUT2D eigenvalue weighted by atomic mass is 19.1. The molecule has 0 spiro atoms. The molecule has 2 aromatic rings. The van der Waals surface area contributed by atoms with Gasteiger partial charge in [0.15, 0.2) is 11.6 Å². The van der Waals surface area contributed by atoms with Crippen molar-refractivity contribution in [3.8, 4) is 16.9 Å². The van der Waals surface area contributed by atoms with E-state index in [0.29, 0.717) is 17.0 Å². The van der Waals surface area contributed by atoms with Crippen molar-refractivity contribution in [2.24, 2.45) is 17.8 Å². The topological polar surface area (TPSA) is 9.23 Å². The molecule has 0 bridgehead atoms. The van der Waals surface area contributed by atoms with Crippen molar-refractivity contribution in [3.05, 3.63) is 66.3 Å². The van der Waals surface area contributed by atoms with Crippen molar-refractivity contribution >= 4 is 0 Å². The Morgan fingerprint density at radius 3 is 2.33 bits per heavy atom. The number of methoxy groups -OCH3 is 1. The van der Waals surface area contributed by atoms with E-state index in [2.05, 4.69) is 6.58 Å². The first-order valence-electron chi connectivity index (χ1n) is 11.3. The van der Waals surface area contributed by atoms with Crippen molar-refractivity contribution in [1.29, 1.82) is 0 Å². The molecule has 2 aliphatic carbocycles. The Kier molecular flexibility index (Phi) is 6.55. The fourth-order valence-corrected chi connectivity index (χ4v) is 5.77. The molecule has 30 heavy (non-hydrogen) atoms. The Hall–Kier alpha value is -2.16. The van der Waals surface area contributed by atoms with Crippen LogP contribution in [0.4, 0.5) is 8.78 Å². The minimum atomic E-state index is -0.429. The Morgan fingerprint density at radius 2 is 1.63 bits per heavy atom. The summed E-state index contributed by atoms with van der Waals surface area (Å²) < 4.78 is 34.1. The molecule has 0 aromatic heterocycles. The third-order valence-corrected chi connectivity index (χ3v) is 7.43. The average molecular weight is 411 g/mol. The van der Waals surface area contributed by atoms with E-state index in [9.17, 15) is 4.39 Å². The van der Waals surface area contributed by atoms with E-state index < -0.39 is 5.82 Å². The van der Waals surface area contributed by atoms with Gasteiger partial charge in [-0.05, 0) is 104 Å². The highest BCUT2D eigenvalue weighted by Crippen LogP contribution is 2.48. The first-order valence-corrected chi connectivity index (χ1v) is 11.3. The molecule has 4 unspecified atom stereocenters. The zero-order valence-corrected chi connectivity index (χ0v) is 17.9. The Morgan fingerprint density at radius 1 is 0.933 bits per heavy atom. The first kappa shape index (κ1) is 21.1. The van der Waals surface area contributed by atoms with E-state index in [1.165, 1.54) is 45.3 Å². The summed E-state index contributed by atoms with van der Waals surface area (Å²) in [6.45, 7) is 3.86. The number of rotatable bonds is 6. The van der Waals surface area contributed by atoms with Crippen LogP contribution in [0.5, 0.6) is 5.75 Å². The van der Waals surface area contributed by atoms with Gasteiger partial charge in [0.05, 0.1) is 7.11 Å². The highest BCUT2D eigenvalue weighted by Gasteiger charge is 2.36. The maximum atomic E-state index is 15.1. The number of halogens is 2. The third-order valence-electron chi connectivity index (χ3n) is 7.43. The van der Waals surface area contributed by atoms with Gasteiger partial charge < -0.3 is 4.74 Å². The SMILES string of the molecule is C=CCCC1CCC2CC(c3ccc(-c4ccc(OC)c(F)c4)cc3F)CCC2C1. The molecule has 1 nitrogen and oxygen atoms in total. The molecule has 2 aliphatic rings. The monoisotopic (exact) mass is 410 g/mol. The van der Waals surface area contributed by atoms with Gasteiger partial charge in [-0.15, -0.1) is 6.58 Å². The second-order valence-corrected chi connectivity index (χ2v) is 9.16. The van der Waals surface area contributed by atoms with Gasteiger partial charge in [0.25, 0.3) is 0 Å². The molecule has 0 saturated heterocycles. The highest BCUT2D eigenvalue weighted by molar-refractivity contribution is 5.65. The van der Waals surface area contributed by atoms with Crippen LogP contribution >= 0.6 is 0 Å². The molecule has 0 radical (unpaired) electrons. The van der Waals surface area contributed by atoms with Crippen molar-refractivity contribution in [3.63, 3.8) is 0 Å². The van der Waals surface area contributed by atoms with Gasteiger partial charge in [-0.3, -0.25) is 0 Å². The maximum Gasteiger partial charge on any atom is 0.165 e. The Bertz CT molecular complexity index is 890. The van der Waals surface area contributed by atoms with Crippen LogP contribution in [-0.2, 0) is 0 Å². The van der Waals surface area contributed by atoms with E-state index in [0.717, 1.165) is 42.6 Å². The third kappa shape index (κ3) is 4.45. The number of benzene rings is 2. The van der Waals surface area contributed by atoms with Crippen molar-refractivity contribution < 1.29 is 13.5 Å². The van der Waals surface area contributed by atoms with E-state index in [4.69, 9.17) is 4.74 Å². The predicted octanol–water partition coefficient (Wildman–Crippen LogP) is 7.91. The molecular weight excluding hydrogens is 378 g/mol. The van der Waals surface area contributed by atoms with Gasteiger partial charge in [-0.1, -0.05) is 30.7 Å². The lowest BCUT2D eigenvalue weighted by atomic mass is 9.63. The van der Waals surface area contributed by atoms with Gasteiger partial charge >= 0.3 is 0 Å². The summed E-state index contributed by atoms with van der Waals surface area (Å²) in [5.41, 5.74) is 2.20. The lowest BCUT2D eigenvalue weighted by Crippen LogP contribution is -2.30. The molecule has 0 amide bonds. The molecule has 4 atom stereocenters.